The van der Waals surface area contributed by atoms with Crippen molar-refractivity contribution in [2.45, 2.75) is 13.5 Å². The lowest BCUT2D eigenvalue weighted by Crippen LogP contribution is -3.12. The van der Waals surface area contributed by atoms with Crippen molar-refractivity contribution >= 4 is 17.3 Å². The van der Waals surface area contributed by atoms with E-state index in [0.29, 0.717) is 5.75 Å². The normalized spacial score (nSPS) is 14.7. The van der Waals surface area contributed by atoms with Crippen molar-refractivity contribution in [2.24, 2.45) is 5.10 Å². The highest BCUT2D eigenvalue weighted by Gasteiger charge is 2.17. The van der Waals surface area contributed by atoms with Crippen molar-refractivity contribution in [3.05, 3.63) is 53.6 Å². The lowest BCUT2D eigenvalue weighted by Gasteiger charge is -2.24. The molecule has 0 atom stereocenters. The lowest BCUT2D eigenvalue weighted by molar-refractivity contribution is -0.921. The molecule has 2 aromatic carbocycles. The van der Waals surface area contributed by atoms with Crippen molar-refractivity contribution in [2.75, 3.05) is 52.4 Å². The van der Waals surface area contributed by atoms with Crippen molar-refractivity contribution < 1.29 is 23.9 Å². The first kappa shape index (κ1) is 22.6. The van der Waals surface area contributed by atoms with Crippen molar-refractivity contribution in [3.8, 4) is 11.5 Å². The molecular formula is C23H31N4O4+. The average Bonchev–Trinajstić information content (AvgIpc) is 2.82. The fraction of sp³-hybridized carbons (Fsp3) is 0.391. The maximum absolute atomic E-state index is 12.2. The number of methoxy groups -OCH3 is 2. The minimum Gasteiger partial charge on any atom is -0.496 e. The van der Waals surface area contributed by atoms with Gasteiger partial charge < -0.3 is 24.4 Å². The van der Waals surface area contributed by atoms with Gasteiger partial charge in [0.2, 0.25) is 0 Å². The van der Waals surface area contributed by atoms with Crippen LogP contribution in [-0.4, -0.2) is 58.7 Å². The molecule has 0 bridgehead atoms. The molecule has 1 aliphatic heterocycles. The summed E-state index contributed by atoms with van der Waals surface area (Å²) in [4.78, 5) is 13.7. The van der Waals surface area contributed by atoms with Crippen LogP contribution >= 0.6 is 0 Å². The van der Waals surface area contributed by atoms with Gasteiger partial charge in [0, 0.05) is 5.56 Å². The second-order valence-electron chi connectivity index (χ2n) is 7.35. The second kappa shape index (κ2) is 11.3. The fourth-order valence-electron chi connectivity index (χ4n) is 3.46. The molecule has 3 rings (SSSR count). The van der Waals surface area contributed by atoms with Gasteiger partial charge in [-0.2, -0.15) is 5.10 Å². The first-order valence-electron chi connectivity index (χ1n) is 10.4. The van der Waals surface area contributed by atoms with Crippen LogP contribution in [0.2, 0.25) is 0 Å². The summed E-state index contributed by atoms with van der Waals surface area (Å²) in [5.41, 5.74) is 6.16. The predicted molar refractivity (Wildman–Crippen MR) is 120 cm³/mol. The second-order valence-corrected chi connectivity index (χ2v) is 7.35. The van der Waals surface area contributed by atoms with Crippen LogP contribution in [0.1, 0.15) is 18.1 Å². The number of hydrogen-bond donors (Lipinski definition) is 3. The van der Waals surface area contributed by atoms with Gasteiger partial charge in [-0.25, -0.2) is 5.43 Å². The van der Waals surface area contributed by atoms with Crippen molar-refractivity contribution in [1.29, 1.82) is 0 Å². The Bertz CT molecular complexity index is 910. The van der Waals surface area contributed by atoms with Gasteiger partial charge in [0.15, 0.2) is 0 Å². The van der Waals surface area contributed by atoms with E-state index in [2.05, 4.69) is 21.9 Å². The molecule has 1 heterocycles. The largest absolute Gasteiger partial charge is 0.496 e. The highest BCUT2D eigenvalue weighted by atomic mass is 16.5. The van der Waals surface area contributed by atoms with Crippen LogP contribution < -0.4 is 25.1 Å². The summed E-state index contributed by atoms with van der Waals surface area (Å²) in [5.74, 6) is 1.31. The molecule has 0 radical (unpaired) electrons. The summed E-state index contributed by atoms with van der Waals surface area (Å²) in [6, 6.07) is 13.4. The third-order valence-corrected chi connectivity index (χ3v) is 5.23. The molecule has 2 aromatic rings. The molecule has 0 saturated carbocycles. The molecule has 1 fully saturated rings. The zero-order valence-electron chi connectivity index (χ0n) is 18.4. The molecule has 1 saturated heterocycles. The lowest BCUT2D eigenvalue weighted by atomic mass is 10.1. The first-order valence-corrected chi connectivity index (χ1v) is 10.4. The Kier molecular flexibility index (Phi) is 8.26. The van der Waals surface area contributed by atoms with E-state index in [1.54, 1.807) is 14.2 Å². The van der Waals surface area contributed by atoms with Crippen LogP contribution in [0.25, 0.3) is 0 Å². The van der Waals surface area contributed by atoms with E-state index in [0.717, 1.165) is 61.1 Å². The molecule has 3 N–H and O–H groups in total. The predicted octanol–water partition coefficient (Wildman–Crippen LogP) is 1.07. The molecule has 0 aromatic heterocycles. The van der Waals surface area contributed by atoms with Crippen molar-refractivity contribution in [3.63, 3.8) is 0 Å². The number of para-hydroxylation sites is 2. The molecule has 8 nitrogen and oxygen atoms in total. The van der Waals surface area contributed by atoms with Gasteiger partial charge in [-0.15, -0.1) is 0 Å². The number of hydrazone groups is 1. The Labute approximate surface area is 183 Å². The van der Waals surface area contributed by atoms with Gasteiger partial charge in [-0.05, 0) is 42.8 Å². The van der Waals surface area contributed by atoms with Crippen molar-refractivity contribution in [1.82, 2.24) is 5.43 Å². The fourth-order valence-corrected chi connectivity index (χ4v) is 3.46. The molecule has 0 aliphatic carbocycles. The number of amides is 1. The Morgan fingerprint density at radius 3 is 2.58 bits per heavy atom. The van der Waals surface area contributed by atoms with Gasteiger partial charge in [-0.1, -0.05) is 12.1 Å². The van der Waals surface area contributed by atoms with Gasteiger partial charge in [0.1, 0.15) is 31.1 Å². The summed E-state index contributed by atoms with van der Waals surface area (Å²) in [6.45, 7) is 6.36. The molecule has 166 valence electrons. The number of carbonyl (C=O) groups is 1. The highest BCUT2D eigenvalue weighted by molar-refractivity contribution is 5.99. The van der Waals surface area contributed by atoms with Gasteiger partial charge in [0.05, 0.1) is 45.4 Å². The van der Waals surface area contributed by atoms with Gasteiger partial charge >= 0.3 is 0 Å². The van der Waals surface area contributed by atoms with Crippen LogP contribution in [0.15, 0.2) is 47.6 Å². The number of anilines is 1. The number of morpholine rings is 1. The molecular weight excluding hydrogens is 396 g/mol. The third-order valence-electron chi connectivity index (χ3n) is 5.23. The molecule has 8 heteroatoms. The Morgan fingerprint density at radius 2 is 1.84 bits per heavy atom. The number of carbonyl (C=O) groups excluding carboxylic acids is 1. The van der Waals surface area contributed by atoms with E-state index >= 15 is 0 Å². The maximum Gasteiger partial charge on any atom is 0.259 e. The van der Waals surface area contributed by atoms with E-state index in [1.165, 1.54) is 4.90 Å². The molecule has 0 unspecified atom stereocenters. The summed E-state index contributed by atoms with van der Waals surface area (Å²) in [5, 5.41) is 7.33. The first-order chi connectivity index (χ1) is 15.1. The molecule has 1 aliphatic rings. The Balaban J connectivity index is 1.61. The maximum atomic E-state index is 12.2. The van der Waals surface area contributed by atoms with Gasteiger partial charge in [0.25, 0.3) is 5.91 Å². The molecule has 31 heavy (non-hydrogen) atoms. The summed E-state index contributed by atoms with van der Waals surface area (Å²) >= 11 is 0. The standard InChI is InChI=1S/C23H30N4O4/c1-17(25-26-23(28)15-24-20-6-4-5-7-22(20)30-3)18-8-9-21(29-2)19(14-18)16-27-10-12-31-13-11-27/h4-9,14,24H,10-13,15-16H2,1-3H3,(H,26,28)/p+1/b25-17-. The number of benzene rings is 2. The Hall–Kier alpha value is -3.10. The molecule has 0 spiro atoms. The zero-order chi connectivity index (χ0) is 22.1. The van der Waals surface area contributed by atoms with E-state index in [4.69, 9.17) is 14.2 Å². The topological polar surface area (TPSA) is 85.6 Å². The summed E-state index contributed by atoms with van der Waals surface area (Å²) in [6.07, 6.45) is 0. The van der Waals surface area contributed by atoms with E-state index in [1.807, 2.05) is 43.3 Å². The number of nitrogens with one attached hydrogen (secondary N) is 3. The third kappa shape index (κ3) is 6.44. The van der Waals surface area contributed by atoms with E-state index in [9.17, 15) is 4.79 Å². The summed E-state index contributed by atoms with van der Waals surface area (Å²) in [7, 11) is 3.28. The van der Waals surface area contributed by atoms with E-state index in [-0.39, 0.29) is 12.5 Å². The zero-order valence-corrected chi connectivity index (χ0v) is 18.4. The van der Waals surface area contributed by atoms with Crippen LogP contribution in [-0.2, 0) is 16.1 Å². The highest BCUT2D eigenvalue weighted by Crippen LogP contribution is 2.22. The van der Waals surface area contributed by atoms with Crippen LogP contribution in [0.3, 0.4) is 0 Å². The monoisotopic (exact) mass is 427 g/mol. The van der Waals surface area contributed by atoms with Crippen LogP contribution in [0, 0.1) is 0 Å². The van der Waals surface area contributed by atoms with Gasteiger partial charge in [-0.3, -0.25) is 4.79 Å². The number of hydrogen-bond acceptors (Lipinski definition) is 6. The Morgan fingerprint density at radius 1 is 1.10 bits per heavy atom. The average molecular weight is 428 g/mol. The van der Waals surface area contributed by atoms with Crippen LogP contribution in [0.4, 0.5) is 5.69 Å². The minimum atomic E-state index is -0.239. The van der Waals surface area contributed by atoms with Crippen LogP contribution in [0.5, 0.6) is 11.5 Å². The smallest absolute Gasteiger partial charge is 0.259 e. The van der Waals surface area contributed by atoms with E-state index < -0.39 is 0 Å². The number of quaternary nitrogens is 1. The quantitative estimate of drug-likeness (QED) is 0.412. The minimum absolute atomic E-state index is 0.0887. The number of nitrogens with zero attached hydrogens (tertiary/aromatic N) is 1. The summed E-state index contributed by atoms with van der Waals surface area (Å²) < 4.78 is 16.3. The number of rotatable bonds is 9. The number of ether oxygens (including phenoxy) is 3. The molecule has 1 amide bonds. The SMILES string of the molecule is COc1ccc(/C(C)=N\NC(=O)CNc2ccccc2OC)cc1C[NH+]1CCOCC1.